The second-order valence-corrected chi connectivity index (χ2v) is 5.91. The Morgan fingerprint density at radius 3 is 2.60 bits per heavy atom. The van der Waals surface area contributed by atoms with Gasteiger partial charge in [-0.1, -0.05) is 6.07 Å². The third-order valence-corrected chi connectivity index (χ3v) is 4.31. The summed E-state index contributed by atoms with van der Waals surface area (Å²) in [5.74, 6) is -0.227. The molecule has 1 aromatic carbocycles. The van der Waals surface area contributed by atoms with Gasteiger partial charge in [0.1, 0.15) is 0 Å². The summed E-state index contributed by atoms with van der Waals surface area (Å²) in [6.45, 7) is 7.16. The Kier molecular flexibility index (Phi) is 4.84. The van der Waals surface area contributed by atoms with Crippen molar-refractivity contribution in [1.29, 1.82) is 0 Å². The summed E-state index contributed by atoms with van der Waals surface area (Å²) in [7, 11) is 0. The Balaban J connectivity index is 1.72. The van der Waals surface area contributed by atoms with Crippen LogP contribution in [0.1, 0.15) is 34.2 Å². The highest BCUT2D eigenvalue weighted by Crippen LogP contribution is 2.13. The predicted octanol–water partition coefficient (Wildman–Crippen LogP) is 3.68. The molecule has 3 aromatic rings. The highest BCUT2D eigenvalue weighted by Gasteiger charge is 2.07. The molecular weight excluding hydrogens is 312 g/mol. The van der Waals surface area contributed by atoms with Crippen LogP contribution >= 0.6 is 0 Å². The molecule has 1 N–H and O–H groups in total. The number of carbonyl (C=O) groups is 1. The minimum atomic E-state index is -0.227. The van der Waals surface area contributed by atoms with E-state index in [2.05, 4.69) is 41.9 Å². The topological polar surface area (TPSA) is 51.3 Å². The first-order chi connectivity index (χ1) is 12.1. The van der Waals surface area contributed by atoms with Crippen LogP contribution in [0.4, 0.5) is 0 Å². The Morgan fingerprint density at radius 2 is 1.92 bits per heavy atom. The van der Waals surface area contributed by atoms with Crippen molar-refractivity contribution in [3.63, 3.8) is 0 Å². The number of carbonyl (C=O) groups excluding carboxylic acids is 1. The predicted molar refractivity (Wildman–Crippen MR) is 100 cm³/mol. The summed E-state index contributed by atoms with van der Waals surface area (Å²) < 4.78 is 4.17. The highest BCUT2D eigenvalue weighted by atomic mass is 16.2. The fraction of sp³-hybridized carbons (Fsp3) is 0.200. The van der Waals surface area contributed by atoms with Gasteiger partial charge in [0.2, 0.25) is 0 Å². The highest BCUT2D eigenvalue weighted by molar-refractivity contribution is 5.95. The summed E-state index contributed by atoms with van der Waals surface area (Å²) in [5.41, 5.74) is 7.46. The number of nitrogens with one attached hydrogen (secondary N) is 1. The first-order valence-corrected chi connectivity index (χ1v) is 8.33. The molecule has 0 atom stereocenters. The van der Waals surface area contributed by atoms with Crippen LogP contribution in [0.3, 0.4) is 0 Å². The third kappa shape index (κ3) is 3.55. The summed E-state index contributed by atoms with van der Waals surface area (Å²) >= 11 is 0. The van der Waals surface area contributed by atoms with Crippen LogP contribution in [0.2, 0.25) is 0 Å². The normalized spacial score (nSPS) is 11.2. The number of hydrogen-bond acceptors (Lipinski definition) is 2. The Morgan fingerprint density at radius 1 is 1.16 bits per heavy atom. The molecule has 0 aliphatic heterocycles. The molecule has 5 nitrogen and oxygen atoms in total. The average molecular weight is 334 g/mol. The minimum absolute atomic E-state index is 0.227. The van der Waals surface area contributed by atoms with Crippen LogP contribution in [0.15, 0.2) is 60.0 Å². The summed E-state index contributed by atoms with van der Waals surface area (Å²) in [4.78, 5) is 12.3. The van der Waals surface area contributed by atoms with Crippen LogP contribution in [-0.2, 0) is 6.54 Å². The maximum Gasteiger partial charge on any atom is 0.271 e. The van der Waals surface area contributed by atoms with Crippen LogP contribution in [-0.4, -0.2) is 21.3 Å². The van der Waals surface area contributed by atoms with Crippen molar-refractivity contribution >= 4 is 12.1 Å². The number of hydrogen-bond donors (Lipinski definition) is 1. The Hall–Kier alpha value is -3.08. The number of nitrogens with zero attached hydrogens (tertiary/aromatic N) is 3. The van der Waals surface area contributed by atoms with Gasteiger partial charge in [0.25, 0.3) is 5.91 Å². The lowest BCUT2D eigenvalue weighted by molar-refractivity contribution is 0.0955. The van der Waals surface area contributed by atoms with E-state index in [4.69, 9.17) is 0 Å². The zero-order valence-electron chi connectivity index (χ0n) is 14.7. The van der Waals surface area contributed by atoms with E-state index in [9.17, 15) is 4.79 Å². The number of benzene rings is 1. The smallest absolute Gasteiger partial charge is 0.271 e. The molecule has 2 heterocycles. The first-order valence-electron chi connectivity index (χ1n) is 8.33. The van der Waals surface area contributed by atoms with Gasteiger partial charge in [0.15, 0.2) is 0 Å². The Bertz CT molecular complexity index is 904. The van der Waals surface area contributed by atoms with Crippen molar-refractivity contribution in [2.24, 2.45) is 5.10 Å². The minimum Gasteiger partial charge on any atom is -0.349 e. The van der Waals surface area contributed by atoms with Crippen LogP contribution in [0.25, 0.3) is 5.69 Å². The monoisotopic (exact) mass is 334 g/mol. The quantitative estimate of drug-likeness (QED) is 0.561. The van der Waals surface area contributed by atoms with Crippen molar-refractivity contribution in [1.82, 2.24) is 14.6 Å². The van der Waals surface area contributed by atoms with Crippen molar-refractivity contribution in [2.75, 3.05) is 0 Å². The zero-order chi connectivity index (χ0) is 17.8. The molecule has 5 heteroatoms. The number of hydrazone groups is 1. The van der Waals surface area contributed by atoms with E-state index >= 15 is 0 Å². The van der Waals surface area contributed by atoms with Gasteiger partial charge in [-0.25, -0.2) is 5.43 Å². The lowest BCUT2D eigenvalue weighted by Crippen LogP contribution is -2.17. The zero-order valence-corrected chi connectivity index (χ0v) is 14.7. The van der Waals surface area contributed by atoms with E-state index in [1.165, 1.54) is 5.69 Å². The van der Waals surface area contributed by atoms with Gasteiger partial charge in [-0.2, -0.15) is 5.10 Å². The number of aromatic nitrogens is 2. The molecule has 0 fully saturated rings. The van der Waals surface area contributed by atoms with Gasteiger partial charge < -0.3 is 9.13 Å². The van der Waals surface area contributed by atoms with Gasteiger partial charge in [0.05, 0.1) is 6.21 Å². The van der Waals surface area contributed by atoms with E-state index in [0.29, 0.717) is 5.56 Å². The van der Waals surface area contributed by atoms with Crippen LogP contribution < -0.4 is 5.43 Å². The maximum atomic E-state index is 12.3. The van der Waals surface area contributed by atoms with E-state index < -0.39 is 0 Å². The molecule has 0 aliphatic carbocycles. The molecule has 1 amide bonds. The molecule has 0 saturated carbocycles. The molecule has 0 saturated heterocycles. The van der Waals surface area contributed by atoms with Crippen molar-refractivity contribution < 1.29 is 4.79 Å². The fourth-order valence-corrected chi connectivity index (χ4v) is 2.98. The van der Waals surface area contributed by atoms with E-state index in [1.807, 2.05) is 47.3 Å². The van der Waals surface area contributed by atoms with Crippen molar-refractivity contribution in [3.05, 3.63) is 77.4 Å². The molecule has 0 aliphatic rings. The molecule has 128 valence electrons. The Labute approximate surface area is 147 Å². The summed E-state index contributed by atoms with van der Waals surface area (Å²) in [6, 6.07) is 13.4. The molecule has 2 aromatic heterocycles. The molecule has 25 heavy (non-hydrogen) atoms. The second kappa shape index (κ2) is 7.21. The van der Waals surface area contributed by atoms with Gasteiger partial charge >= 0.3 is 0 Å². The van der Waals surface area contributed by atoms with Crippen molar-refractivity contribution in [2.45, 2.75) is 27.3 Å². The molecule has 0 radical (unpaired) electrons. The van der Waals surface area contributed by atoms with Crippen LogP contribution in [0, 0.1) is 13.8 Å². The van der Waals surface area contributed by atoms with E-state index in [-0.39, 0.29) is 5.91 Å². The largest absolute Gasteiger partial charge is 0.349 e. The maximum absolute atomic E-state index is 12.3. The summed E-state index contributed by atoms with van der Waals surface area (Å²) in [5, 5.41) is 4.12. The SMILES string of the molecule is CCn1c(C)cc(/C=N/NC(=O)c2cccc(-n3cccc3)c2)c1C. The summed E-state index contributed by atoms with van der Waals surface area (Å²) in [6.07, 6.45) is 5.58. The van der Waals surface area contributed by atoms with E-state index in [0.717, 1.165) is 23.5 Å². The molecule has 3 rings (SSSR count). The molecule has 0 spiro atoms. The number of amides is 1. The standard InChI is InChI=1S/C20H22N4O/c1-4-24-15(2)12-18(16(24)3)14-21-22-20(25)17-8-7-9-19(13-17)23-10-5-6-11-23/h5-14H,4H2,1-3H3,(H,22,25)/b21-14+. The van der Waals surface area contributed by atoms with Gasteiger partial charge in [0, 0.05) is 47.1 Å². The first kappa shape index (κ1) is 16.8. The lowest BCUT2D eigenvalue weighted by Gasteiger charge is -2.05. The van der Waals surface area contributed by atoms with Crippen molar-refractivity contribution in [3.8, 4) is 5.69 Å². The third-order valence-electron chi connectivity index (χ3n) is 4.31. The van der Waals surface area contributed by atoms with E-state index in [1.54, 1.807) is 12.3 Å². The average Bonchev–Trinajstić information content (AvgIpc) is 3.24. The molecule has 0 bridgehead atoms. The van der Waals surface area contributed by atoms with Gasteiger partial charge in [-0.15, -0.1) is 0 Å². The lowest BCUT2D eigenvalue weighted by atomic mass is 10.2. The van der Waals surface area contributed by atoms with Gasteiger partial charge in [-0.3, -0.25) is 4.79 Å². The number of rotatable bonds is 5. The van der Waals surface area contributed by atoms with Crippen LogP contribution in [0.5, 0.6) is 0 Å². The molecular formula is C20H22N4O. The molecule has 0 unspecified atom stereocenters. The van der Waals surface area contributed by atoms with Gasteiger partial charge in [-0.05, 0) is 57.2 Å². The second-order valence-electron chi connectivity index (χ2n) is 5.91. The fourth-order valence-electron chi connectivity index (χ4n) is 2.98. The number of aryl methyl sites for hydroxylation is 1.